The number of nitrogens with zero attached hydrogens (tertiary/aromatic N) is 1. The van der Waals surface area contributed by atoms with Crippen LogP contribution >= 0.6 is 0 Å². The van der Waals surface area contributed by atoms with Gasteiger partial charge < -0.3 is 19.7 Å². The molecular weight excluding hydrogens is 296 g/mol. The zero-order valence-corrected chi connectivity index (χ0v) is 14.1. The number of carbonyl (C=O) groups is 2. The summed E-state index contributed by atoms with van der Waals surface area (Å²) in [5.74, 6) is 0.558. The van der Waals surface area contributed by atoms with E-state index in [1.165, 1.54) is 0 Å². The van der Waals surface area contributed by atoms with Crippen molar-refractivity contribution in [3.05, 3.63) is 29.8 Å². The molecule has 2 rings (SSSR count). The molecule has 6 heteroatoms. The SMILES string of the molecule is CNC(=O)c1ccc(OC2CCN(C(=O)OC(C)(C)C)C2)cc1. The molecule has 1 atom stereocenters. The fraction of sp³-hybridized carbons (Fsp3) is 0.529. The Morgan fingerprint density at radius 1 is 1.22 bits per heavy atom. The fourth-order valence-corrected chi connectivity index (χ4v) is 2.34. The first-order valence-corrected chi connectivity index (χ1v) is 7.75. The maximum Gasteiger partial charge on any atom is 0.410 e. The van der Waals surface area contributed by atoms with Crippen molar-refractivity contribution >= 4 is 12.0 Å². The number of benzene rings is 1. The summed E-state index contributed by atoms with van der Waals surface area (Å²) in [6.45, 7) is 6.68. The predicted octanol–water partition coefficient (Wildman–Crippen LogP) is 2.43. The Morgan fingerprint density at radius 3 is 2.43 bits per heavy atom. The van der Waals surface area contributed by atoms with Crippen LogP contribution in [-0.2, 0) is 4.74 Å². The molecule has 1 unspecified atom stereocenters. The van der Waals surface area contributed by atoms with Crippen molar-refractivity contribution in [2.24, 2.45) is 0 Å². The average Bonchev–Trinajstić information content (AvgIpc) is 2.94. The standard InChI is InChI=1S/C17H24N2O4/c1-17(2,3)23-16(21)19-10-9-14(11-19)22-13-7-5-12(6-8-13)15(20)18-4/h5-8,14H,9-11H2,1-4H3,(H,18,20). The summed E-state index contributed by atoms with van der Waals surface area (Å²) < 4.78 is 11.2. The van der Waals surface area contributed by atoms with Gasteiger partial charge in [-0.05, 0) is 45.0 Å². The molecule has 1 heterocycles. The second-order valence-corrected chi connectivity index (χ2v) is 6.56. The molecule has 0 aromatic heterocycles. The molecule has 23 heavy (non-hydrogen) atoms. The number of hydrogen-bond acceptors (Lipinski definition) is 4. The number of carbonyl (C=O) groups excluding carboxylic acids is 2. The number of ether oxygens (including phenoxy) is 2. The lowest BCUT2D eigenvalue weighted by molar-refractivity contribution is 0.0275. The number of likely N-dealkylation sites (tertiary alicyclic amines) is 1. The van der Waals surface area contributed by atoms with Gasteiger partial charge in [0.05, 0.1) is 6.54 Å². The summed E-state index contributed by atoms with van der Waals surface area (Å²) in [4.78, 5) is 25.2. The molecule has 126 valence electrons. The van der Waals surface area contributed by atoms with Crippen molar-refractivity contribution in [2.75, 3.05) is 20.1 Å². The molecule has 1 fully saturated rings. The minimum atomic E-state index is -0.494. The van der Waals surface area contributed by atoms with Gasteiger partial charge >= 0.3 is 6.09 Å². The summed E-state index contributed by atoms with van der Waals surface area (Å²) in [6, 6.07) is 6.96. The molecule has 0 radical (unpaired) electrons. The molecule has 1 aromatic carbocycles. The van der Waals surface area contributed by atoms with Gasteiger partial charge in [0.15, 0.2) is 0 Å². The Morgan fingerprint density at radius 2 is 1.87 bits per heavy atom. The molecule has 1 aromatic rings. The zero-order chi connectivity index (χ0) is 17.0. The summed E-state index contributed by atoms with van der Waals surface area (Å²) in [5.41, 5.74) is 0.0905. The van der Waals surface area contributed by atoms with Gasteiger partial charge in [-0.3, -0.25) is 4.79 Å². The molecule has 0 aliphatic carbocycles. The lowest BCUT2D eigenvalue weighted by Crippen LogP contribution is -2.36. The maximum absolute atomic E-state index is 12.0. The highest BCUT2D eigenvalue weighted by atomic mass is 16.6. The predicted molar refractivity (Wildman–Crippen MR) is 86.7 cm³/mol. The molecule has 6 nitrogen and oxygen atoms in total. The first kappa shape index (κ1) is 17.1. The molecular formula is C17H24N2O4. The second kappa shape index (κ2) is 6.89. The van der Waals surface area contributed by atoms with E-state index in [2.05, 4.69) is 5.32 Å². The van der Waals surface area contributed by atoms with Crippen molar-refractivity contribution in [1.29, 1.82) is 0 Å². The Hall–Kier alpha value is -2.24. The Labute approximate surface area is 136 Å². The van der Waals surface area contributed by atoms with Crippen LogP contribution in [0.2, 0.25) is 0 Å². The highest BCUT2D eigenvalue weighted by Crippen LogP contribution is 2.21. The maximum atomic E-state index is 12.0. The van der Waals surface area contributed by atoms with Gasteiger partial charge in [-0.25, -0.2) is 4.79 Å². The molecule has 2 amide bonds. The van der Waals surface area contributed by atoms with Gasteiger partial charge in [-0.2, -0.15) is 0 Å². The molecule has 0 saturated carbocycles. The minimum Gasteiger partial charge on any atom is -0.489 e. The van der Waals surface area contributed by atoms with E-state index in [1.54, 1.807) is 36.2 Å². The summed E-state index contributed by atoms with van der Waals surface area (Å²) in [5, 5.41) is 2.57. The Balaban J connectivity index is 1.88. The van der Waals surface area contributed by atoms with E-state index in [1.807, 2.05) is 20.8 Å². The first-order valence-electron chi connectivity index (χ1n) is 7.75. The van der Waals surface area contributed by atoms with E-state index in [9.17, 15) is 9.59 Å². The average molecular weight is 320 g/mol. The summed E-state index contributed by atoms with van der Waals surface area (Å²) >= 11 is 0. The molecule has 1 saturated heterocycles. The summed E-state index contributed by atoms with van der Waals surface area (Å²) in [7, 11) is 1.59. The number of hydrogen-bond donors (Lipinski definition) is 1. The van der Waals surface area contributed by atoms with Crippen LogP contribution in [0.5, 0.6) is 5.75 Å². The van der Waals surface area contributed by atoms with E-state index in [4.69, 9.17) is 9.47 Å². The van der Waals surface area contributed by atoms with Gasteiger partial charge in [-0.1, -0.05) is 0 Å². The van der Waals surface area contributed by atoms with Crippen LogP contribution in [0, 0.1) is 0 Å². The van der Waals surface area contributed by atoms with E-state index in [0.29, 0.717) is 24.4 Å². The molecule has 1 N–H and O–H groups in total. The Kier molecular flexibility index (Phi) is 5.13. The molecule has 0 spiro atoms. The van der Waals surface area contributed by atoms with Crippen LogP contribution in [0.1, 0.15) is 37.6 Å². The first-order chi connectivity index (χ1) is 10.8. The zero-order valence-electron chi connectivity index (χ0n) is 14.1. The summed E-state index contributed by atoms with van der Waals surface area (Å²) in [6.07, 6.45) is 0.392. The van der Waals surface area contributed by atoms with Gasteiger partial charge in [0.25, 0.3) is 5.91 Å². The highest BCUT2D eigenvalue weighted by Gasteiger charge is 2.30. The lowest BCUT2D eigenvalue weighted by atomic mass is 10.2. The normalized spacial score (nSPS) is 17.7. The largest absolute Gasteiger partial charge is 0.489 e. The van der Waals surface area contributed by atoms with E-state index >= 15 is 0 Å². The van der Waals surface area contributed by atoms with Gasteiger partial charge in [0, 0.05) is 25.6 Å². The quantitative estimate of drug-likeness (QED) is 0.929. The Bertz CT molecular complexity index is 563. The third-order valence-electron chi connectivity index (χ3n) is 3.44. The number of amides is 2. The van der Waals surface area contributed by atoms with Gasteiger partial charge in [0.1, 0.15) is 17.5 Å². The lowest BCUT2D eigenvalue weighted by Gasteiger charge is -2.24. The minimum absolute atomic E-state index is 0.0617. The van der Waals surface area contributed by atoms with E-state index < -0.39 is 5.60 Å². The molecule has 1 aliphatic rings. The van der Waals surface area contributed by atoms with Crippen molar-refractivity contribution < 1.29 is 19.1 Å². The number of nitrogens with one attached hydrogen (secondary N) is 1. The van der Waals surface area contributed by atoms with E-state index in [-0.39, 0.29) is 18.1 Å². The van der Waals surface area contributed by atoms with Crippen molar-refractivity contribution in [3.8, 4) is 5.75 Å². The number of rotatable bonds is 3. The monoisotopic (exact) mass is 320 g/mol. The molecule has 1 aliphatic heterocycles. The van der Waals surface area contributed by atoms with Gasteiger partial charge in [0.2, 0.25) is 0 Å². The fourth-order valence-electron chi connectivity index (χ4n) is 2.34. The third-order valence-corrected chi connectivity index (χ3v) is 3.44. The smallest absolute Gasteiger partial charge is 0.410 e. The van der Waals surface area contributed by atoms with Crippen molar-refractivity contribution in [2.45, 2.75) is 38.9 Å². The topological polar surface area (TPSA) is 67.9 Å². The second-order valence-electron chi connectivity index (χ2n) is 6.56. The third kappa shape index (κ3) is 4.87. The van der Waals surface area contributed by atoms with Crippen molar-refractivity contribution in [3.63, 3.8) is 0 Å². The highest BCUT2D eigenvalue weighted by molar-refractivity contribution is 5.94. The van der Waals surface area contributed by atoms with E-state index in [0.717, 1.165) is 6.42 Å². The van der Waals surface area contributed by atoms with Gasteiger partial charge in [-0.15, -0.1) is 0 Å². The van der Waals surface area contributed by atoms with Crippen LogP contribution < -0.4 is 10.1 Å². The van der Waals surface area contributed by atoms with Crippen LogP contribution in [0.3, 0.4) is 0 Å². The van der Waals surface area contributed by atoms with Crippen molar-refractivity contribution in [1.82, 2.24) is 10.2 Å². The van der Waals surface area contributed by atoms with Crippen LogP contribution in [0.4, 0.5) is 4.79 Å². The van der Waals surface area contributed by atoms with Crippen LogP contribution in [0.25, 0.3) is 0 Å². The molecule has 0 bridgehead atoms. The van der Waals surface area contributed by atoms with Crippen LogP contribution in [-0.4, -0.2) is 48.7 Å². The van der Waals surface area contributed by atoms with Crippen LogP contribution in [0.15, 0.2) is 24.3 Å².